The van der Waals surface area contributed by atoms with Crippen molar-refractivity contribution in [2.75, 3.05) is 80.0 Å². The predicted octanol–water partition coefficient (Wildman–Crippen LogP) is -0.863. The van der Waals surface area contributed by atoms with Crippen LogP contribution in [0, 0.1) is 11.8 Å². The maximum Gasteiger partial charge on any atom is 0.224 e. The maximum atomic E-state index is 12.3. The van der Waals surface area contributed by atoms with Gasteiger partial charge in [0.25, 0.3) is 0 Å². The van der Waals surface area contributed by atoms with Crippen molar-refractivity contribution in [2.45, 2.75) is 6.42 Å². The van der Waals surface area contributed by atoms with Crippen LogP contribution in [0.15, 0.2) is 0 Å². The molecule has 0 saturated carbocycles. The van der Waals surface area contributed by atoms with Gasteiger partial charge in [0.1, 0.15) is 0 Å². The van der Waals surface area contributed by atoms with Crippen LogP contribution >= 0.6 is 0 Å². The molecule has 0 spiro atoms. The number of amides is 1. The first-order valence-corrected chi connectivity index (χ1v) is 8.58. The minimum atomic E-state index is 0.133. The molecule has 2 aliphatic rings. The lowest BCUT2D eigenvalue weighted by Crippen LogP contribution is -2.50. The van der Waals surface area contributed by atoms with Crippen LogP contribution in [0.25, 0.3) is 0 Å². The van der Waals surface area contributed by atoms with Crippen molar-refractivity contribution in [3.05, 3.63) is 0 Å². The molecule has 2 fully saturated rings. The van der Waals surface area contributed by atoms with E-state index >= 15 is 0 Å². The minimum Gasteiger partial charge on any atom is -0.355 e. The van der Waals surface area contributed by atoms with E-state index in [2.05, 4.69) is 32.4 Å². The van der Waals surface area contributed by atoms with E-state index < -0.39 is 0 Å². The van der Waals surface area contributed by atoms with E-state index in [9.17, 15) is 4.79 Å². The zero-order valence-electron chi connectivity index (χ0n) is 14.5. The van der Waals surface area contributed by atoms with Crippen LogP contribution in [-0.2, 0) is 4.79 Å². The van der Waals surface area contributed by atoms with Crippen LogP contribution in [0.5, 0.6) is 0 Å². The third-order valence-corrected chi connectivity index (χ3v) is 4.78. The normalized spacial score (nSPS) is 28.0. The zero-order valence-corrected chi connectivity index (χ0v) is 14.5. The van der Waals surface area contributed by atoms with Crippen LogP contribution in [0.2, 0.25) is 0 Å². The number of carbonyl (C=O) groups excluding carboxylic acids is 1. The van der Waals surface area contributed by atoms with Crippen molar-refractivity contribution in [2.24, 2.45) is 11.8 Å². The number of piperazine rings is 1. The second-order valence-electron chi connectivity index (χ2n) is 7.16. The summed E-state index contributed by atoms with van der Waals surface area (Å²) in [5, 5.41) is 6.53. The monoisotopic (exact) mass is 311 g/mol. The van der Waals surface area contributed by atoms with Gasteiger partial charge in [-0.2, -0.15) is 0 Å². The summed E-state index contributed by atoms with van der Waals surface area (Å²) in [6.45, 7) is 9.29. The van der Waals surface area contributed by atoms with Gasteiger partial charge >= 0.3 is 0 Å². The van der Waals surface area contributed by atoms with Crippen molar-refractivity contribution in [3.8, 4) is 0 Å². The van der Waals surface area contributed by atoms with Gasteiger partial charge in [0, 0.05) is 52.4 Å². The summed E-state index contributed by atoms with van der Waals surface area (Å²) >= 11 is 0. The van der Waals surface area contributed by atoms with Crippen LogP contribution in [0.4, 0.5) is 0 Å². The third kappa shape index (κ3) is 5.83. The van der Waals surface area contributed by atoms with E-state index in [4.69, 9.17) is 0 Å². The maximum absolute atomic E-state index is 12.3. The topological polar surface area (TPSA) is 50.9 Å². The summed E-state index contributed by atoms with van der Waals surface area (Å²) < 4.78 is 0. The molecule has 0 aromatic heterocycles. The number of carbonyl (C=O) groups is 1. The number of likely N-dealkylation sites (N-methyl/N-ethyl adjacent to an activating group) is 2. The lowest BCUT2D eigenvalue weighted by molar-refractivity contribution is -0.126. The molecular weight excluding hydrogens is 278 g/mol. The Labute approximate surface area is 135 Å². The van der Waals surface area contributed by atoms with Crippen LogP contribution in [0.3, 0.4) is 0 Å². The second-order valence-corrected chi connectivity index (χ2v) is 7.16. The summed E-state index contributed by atoms with van der Waals surface area (Å²) in [7, 11) is 6.24. The van der Waals surface area contributed by atoms with Gasteiger partial charge in [-0.1, -0.05) is 0 Å². The molecule has 2 N–H and O–H groups in total. The molecule has 2 aliphatic heterocycles. The summed E-state index contributed by atoms with van der Waals surface area (Å²) in [5.41, 5.74) is 0. The minimum absolute atomic E-state index is 0.133. The Hall–Kier alpha value is -0.690. The number of piperidine rings is 1. The zero-order chi connectivity index (χ0) is 15.9. The van der Waals surface area contributed by atoms with Gasteiger partial charge < -0.3 is 25.3 Å². The first-order chi connectivity index (χ1) is 10.5. The fourth-order valence-corrected chi connectivity index (χ4v) is 3.31. The summed E-state index contributed by atoms with van der Waals surface area (Å²) in [6, 6.07) is 0. The average Bonchev–Trinajstić information content (AvgIpc) is 2.49. The van der Waals surface area contributed by atoms with Crippen molar-refractivity contribution in [1.29, 1.82) is 0 Å². The SMILES string of the molecule is CN(C)CCNC(=O)[C@H]1CNC[C@@H](CN2CCN(C)CC2)C1. The largest absolute Gasteiger partial charge is 0.355 e. The molecule has 0 radical (unpaired) electrons. The highest BCUT2D eigenvalue weighted by molar-refractivity contribution is 5.79. The van der Waals surface area contributed by atoms with Gasteiger partial charge in [0.15, 0.2) is 0 Å². The average molecular weight is 311 g/mol. The van der Waals surface area contributed by atoms with E-state index in [-0.39, 0.29) is 11.8 Å². The van der Waals surface area contributed by atoms with E-state index in [0.29, 0.717) is 5.92 Å². The van der Waals surface area contributed by atoms with Crippen LogP contribution in [-0.4, -0.2) is 101 Å². The Morgan fingerprint density at radius 1 is 1.23 bits per heavy atom. The fraction of sp³-hybridized carbons (Fsp3) is 0.938. The van der Waals surface area contributed by atoms with Crippen molar-refractivity contribution < 1.29 is 4.79 Å². The molecule has 6 nitrogen and oxygen atoms in total. The highest BCUT2D eigenvalue weighted by Gasteiger charge is 2.28. The van der Waals surface area contributed by atoms with Gasteiger partial charge in [-0.3, -0.25) is 4.79 Å². The summed E-state index contributed by atoms with van der Waals surface area (Å²) in [5.74, 6) is 0.951. The van der Waals surface area contributed by atoms with Gasteiger partial charge in [0.05, 0.1) is 5.92 Å². The third-order valence-electron chi connectivity index (χ3n) is 4.78. The molecule has 0 aromatic carbocycles. The lowest BCUT2D eigenvalue weighted by Gasteiger charge is -2.37. The number of nitrogens with one attached hydrogen (secondary N) is 2. The van der Waals surface area contributed by atoms with Crippen molar-refractivity contribution in [3.63, 3.8) is 0 Å². The first kappa shape index (κ1) is 17.7. The molecule has 1 amide bonds. The lowest BCUT2D eigenvalue weighted by atomic mass is 9.89. The Bertz CT molecular complexity index is 341. The summed E-state index contributed by atoms with van der Waals surface area (Å²) in [4.78, 5) is 19.3. The van der Waals surface area contributed by atoms with Gasteiger partial charge in [-0.15, -0.1) is 0 Å². The number of hydrogen-bond acceptors (Lipinski definition) is 5. The number of nitrogens with zero attached hydrogens (tertiary/aromatic N) is 3. The van der Waals surface area contributed by atoms with Crippen molar-refractivity contribution in [1.82, 2.24) is 25.3 Å². The molecule has 2 saturated heterocycles. The predicted molar refractivity (Wildman–Crippen MR) is 90.0 cm³/mol. The molecule has 2 heterocycles. The molecular formula is C16H33N5O. The van der Waals surface area contributed by atoms with E-state index in [1.54, 1.807) is 0 Å². The van der Waals surface area contributed by atoms with Gasteiger partial charge in [-0.05, 0) is 40.0 Å². The Kier molecular flexibility index (Phi) is 7.08. The van der Waals surface area contributed by atoms with Crippen LogP contribution < -0.4 is 10.6 Å². The Morgan fingerprint density at radius 2 is 1.95 bits per heavy atom. The Balaban J connectivity index is 1.70. The standard InChI is InChI=1S/C16H33N5O/c1-19(2)5-4-18-16(22)15-10-14(11-17-12-15)13-21-8-6-20(3)7-9-21/h14-15,17H,4-13H2,1-3H3,(H,18,22)/t14-,15+/m0/s1. The Morgan fingerprint density at radius 3 is 2.64 bits per heavy atom. The molecule has 0 aliphatic carbocycles. The van der Waals surface area contributed by atoms with Gasteiger partial charge in [-0.25, -0.2) is 0 Å². The summed E-state index contributed by atoms with van der Waals surface area (Å²) in [6.07, 6.45) is 1.02. The van der Waals surface area contributed by atoms with E-state index in [1.165, 1.54) is 0 Å². The molecule has 0 bridgehead atoms. The number of hydrogen-bond donors (Lipinski definition) is 2. The number of rotatable bonds is 6. The molecule has 22 heavy (non-hydrogen) atoms. The molecule has 6 heteroatoms. The highest BCUT2D eigenvalue weighted by Crippen LogP contribution is 2.18. The molecule has 0 unspecified atom stereocenters. The molecule has 0 aromatic rings. The smallest absolute Gasteiger partial charge is 0.224 e. The first-order valence-electron chi connectivity index (χ1n) is 8.58. The highest BCUT2D eigenvalue weighted by atomic mass is 16.1. The molecule has 2 rings (SSSR count). The second kappa shape index (κ2) is 8.82. The van der Waals surface area contributed by atoms with E-state index in [1.807, 2.05) is 14.1 Å². The van der Waals surface area contributed by atoms with Crippen LogP contribution in [0.1, 0.15) is 6.42 Å². The van der Waals surface area contributed by atoms with E-state index in [0.717, 1.165) is 65.3 Å². The fourth-order valence-electron chi connectivity index (χ4n) is 3.31. The molecule has 128 valence electrons. The van der Waals surface area contributed by atoms with Crippen molar-refractivity contribution >= 4 is 5.91 Å². The van der Waals surface area contributed by atoms with Gasteiger partial charge in [0.2, 0.25) is 5.91 Å². The quantitative estimate of drug-likeness (QED) is 0.668. The molecule has 2 atom stereocenters.